The summed E-state index contributed by atoms with van der Waals surface area (Å²) < 4.78 is 0. The Balaban J connectivity index is 1.03. The maximum atomic E-state index is 12.6. The fourth-order valence-corrected chi connectivity index (χ4v) is 6.34. The van der Waals surface area contributed by atoms with Crippen molar-refractivity contribution < 1.29 is 4.79 Å². The molecule has 2 aromatic carbocycles. The van der Waals surface area contributed by atoms with Gasteiger partial charge in [0.2, 0.25) is 5.91 Å². The largest absolute Gasteiger partial charge is 0.351 e. The number of fused-ring (bicyclic) bond motifs is 3. The Morgan fingerprint density at radius 2 is 1.87 bits per heavy atom. The van der Waals surface area contributed by atoms with Gasteiger partial charge in [-0.15, -0.1) is 11.3 Å². The number of nitrogens with zero attached hydrogens (tertiary/aromatic N) is 1. The number of likely N-dealkylation sites (tertiary alicyclic amines) is 1. The SMILES string of the molecule is O=C(NCc1cccs1)[C@H]1CC12CCN(Cc1ccc3c(c1)Cc1ccccc1-3)CC2. The number of thiophene rings is 1. The van der Waals surface area contributed by atoms with E-state index in [-0.39, 0.29) is 17.2 Å². The Bertz CT molecular complexity index is 1110. The number of nitrogens with one attached hydrogen (secondary N) is 1. The van der Waals surface area contributed by atoms with Crippen molar-refractivity contribution in [2.45, 2.75) is 38.8 Å². The van der Waals surface area contributed by atoms with Crippen LogP contribution in [0.4, 0.5) is 0 Å². The second-order valence-corrected chi connectivity index (χ2v) is 10.6. The zero-order valence-corrected chi connectivity index (χ0v) is 18.6. The summed E-state index contributed by atoms with van der Waals surface area (Å²) in [6, 6.07) is 19.9. The van der Waals surface area contributed by atoms with Crippen molar-refractivity contribution in [1.82, 2.24) is 10.2 Å². The molecule has 3 aliphatic rings. The van der Waals surface area contributed by atoms with E-state index in [4.69, 9.17) is 0 Å². The minimum Gasteiger partial charge on any atom is -0.351 e. The number of piperidine rings is 1. The van der Waals surface area contributed by atoms with Gasteiger partial charge >= 0.3 is 0 Å². The molecule has 1 amide bonds. The second kappa shape index (κ2) is 7.61. The molecular formula is C27H28N2OS. The molecule has 3 nitrogen and oxygen atoms in total. The van der Waals surface area contributed by atoms with E-state index in [2.05, 4.69) is 64.1 Å². The Morgan fingerprint density at radius 1 is 1.03 bits per heavy atom. The van der Waals surface area contributed by atoms with E-state index in [1.807, 2.05) is 6.07 Å². The third kappa shape index (κ3) is 3.62. The van der Waals surface area contributed by atoms with E-state index in [0.29, 0.717) is 6.54 Å². The normalized spacial score (nSPS) is 21.0. The van der Waals surface area contributed by atoms with E-state index in [0.717, 1.165) is 45.3 Å². The quantitative estimate of drug-likeness (QED) is 0.472. The van der Waals surface area contributed by atoms with Gasteiger partial charge in [-0.3, -0.25) is 9.69 Å². The summed E-state index contributed by atoms with van der Waals surface area (Å²) in [6.45, 7) is 3.91. The predicted molar refractivity (Wildman–Crippen MR) is 126 cm³/mol. The molecule has 3 aromatic rings. The molecule has 1 aliphatic heterocycles. The molecule has 2 aliphatic carbocycles. The fourth-order valence-electron chi connectivity index (χ4n) is 5.69. The van der Waals surface area contributed by atoms with Gasteiger partial charge in [0.25, 0.3) is 0 Å². The van der Waals surface area contributed by atoms with Gasteiger partial charge in [0, 0.05) is 17.3 Å². The topological polar surface area (TPSA) is 32.3 Å². The lowest BCUT2D eigenvalue weighted by Crippen LogP contribution is -2.36. The van der Waals surface area contributed by atoms with Crippen molar-refractivity contribution in [3.63, 3.8) is 0 Å². The summed E-state index contributed by atoms with van der Waals surface area (Å²) in [7, 11) is 0. The van der Waals surface area contributed by atoms with Crippen molar-refractivity contribution in [2.24, 2.45) is 11.3 Å². The summed E-state index contributed by atoms with van der Waals surface area (Å²) in [4.78, 5) is 16.4. The van der Waals surface area contributed by atoms with Crippen LogP contribution in [0.1, 0.15) is 40.8 Å². The molecule has 1 saturated heterocycles. The van der Waals surface area contributed by atoms with Gasteiger partial charge in [-0.05, 0) is 83.5 Å². The van der Waals surface area contributed by atoms with E-state index in [1.54, 1.807) is 11.3 Å². The first-order valence-corrected chi connectivity index (χ1v) is 12.3. The summed E-state index contributed by atoms with van der Waals surface area (Å²) in [5.41, 5.74) is 7.43. The van der Waals surface area contributed by atoms with Crippen LogP contribution in [0.5, 0.6) is 0 Å². The average molecular weight is 429 g/mol. The minimum atomic E-state index is 0.230. The smallest absolute Gasteiger partial charge is 0.223 e. The standard InChI is InChI=1S/C27H28N2OS/c30-26(28-17-22-5-3-13-31-22)25-16-27(25)9-11-29(12-10-27)18-19-7-8-24-21(14-19)15-20-4-1-2-6-23(20)24/h1-8,13-14,25H,9-12,15-18H2,(H,28,30)/t25-/m1/s1. The molecule has 2 fully saturated rings. The molecule has 1 atom stereocenters. The highest BCUT2D eigenvalue weighted by Gasteiger charge is 2.58. The third-order valence-corrected chi connectivity index (χ3v) is 8.52. The molecule has 2 heterocycles. The molecule has 31 heavy (non-hydrogen) atoms. The van der Waals surface area contributed by atoms with Crippen LogP contribution in [0.2, 0.25) is 0 Å². The highest BCUT2D eigenvalue weighted by molar-refractivity contribution is 7.09. The minimum absolute atomic E-state index is 0.230. The predicted octanol–water partition coefficient (Wildman–Crippen LogP) is 5.24. The third-order valence-electron chi connectivity index (χ3n) is 7.64. The number of hydrogen-bond acceptors (Lipinski definition) is 3. The highest BCUT2D eigenvalue weighted by Crippen LogP contribution is 2.59. The average Bonchev–Trinajstić information content (AvgIpc) is 3.13. The van der Waals surface area contributed by atoms with E-state index >= 15 is 0 Å². The Kier molecular flexibility index (Phi) is 4.73. The van der Waals surface area contributed by atoms with Crippen molar-refractivity contribution in [2.75, 3.05) is 13.1 Å². The first-order chi connectivity index (χ1) is 15.2. The van der Waals surface area contributed by atoms with Gasteiger partial charge in [-0.1, -0.05) is 48.5 Å². The number of hydrogen-bond donors (Lipinski definition) is 1. The molecule has 1 aromatic heterocycles. The van der Waals surface area contributed by atoms with Crippen LogP contribution >= 0.6 is 11.3 Å². The lowest BCUT2D eigenvalue weighted by Gasteiger charge is -2.33. The Hall–Kier alpha value is -2.43. The van der Waals surface area contributed by atoms with Crippen LogP contribution in [-0.2, 0) is 24.3 Å². The highest BCUT2D eigenvalue weighted by atomic mass is 32.1. The number of rotatable bonds is 5. The molecule has 1 N–H and O–H groups in total. The van der Waals surface area contributed by atoms with Gasteiger partial charge in [0.15, 0.2) is 0 Å². The summed E-state index contributed by atoms with van der Waals surface area (Å²) in [5.74, 6) is 0.494. The van der Waals surface area contributed by atoms with Crippen molar-refractivity contribution >= 4 is 17.2 Å². The zero-order valence-electron chi connectivity index (χ0n) is 17.8. The first-order valence-electron chi connectivity index (χ1n) is 11.4. The van der Waals surface area contributed by atoms with Gasteiger partial charge in [-0.2, -0.15) is 0 Å². The second-order valence-electron chi connectivity index (χ2n) is 9.52. The van der Waals surface area contributed by atoms with Crippen molar-refractivity contribution in [1.29, 1.82) is 0 Å². The monoisotopic (exact) mass is 428 g/mol. The van der Waals surface area contributed by atoms with Crippen LogP contribution in [-0.4, -0.2) is 23.9 Å². The molecule has 0 bridgehead atoms. The van der Waals surface area contributed by atoms with Gasteiger partial charge in [0.1, 0.15) is 0 Å². The lowest BCUT2D eigenvalue weighted by atomic mass is 9.90. The van der Waals surface area contributed by atoms with Crippen LogP contribution in [0.15, 0.2) is 60.0 Å². The van der Waals surface area contributed by atoms with E-state index in [1.165, 1.54) is 32.7 Å². The van der Waals surface area contributed by atoms with Crippen LogP contribution in [0.25, 0.3) is 11.1 Å². The molecule has 1 spiro atoms. The van der Waals surface area contributed by atoms with Crippen LogP contribution in [0.3, 0.4) is 0 Å². The fraction of sp³-hybridized carbons (Fsp3) is 0.370. The summed E-state index contributed by atoms with van der Waals surface area (Å²) in [6.07, 6.45) is 4.44. The molecule has 1 saturated carbocycles. The number of amides is 1. The summed E-state index contributed by atoms with van der Waals surface area (Å²) >= 11 is 1.71. The Morgan fingerprint density at radius 3 is 2.71 bits per heavy atom. The Labute approximate surface area is 188 Å². The van der Waals surface area contributed by atoms with Gasteiger partial charge in [-0.25, -0.2) is 0 Å². The van der Waals surface area contributed by atoms with Crippen molar-refractivity contribution in [3.05, 3.63) is 81.5 Å². The summed E-state index contributed by atoms with van der Waals surface area (Å²) in [5, 5.41) is 5.22. The lowest BCUT2D eigenvalue weighted by molar-refractivity contribution is -0.123. The molecule has 158 valence electrons. The zero-order chi connectivity index (χ0) is 20.8. The molecule has 0 unspecified atom stereocenters. The number of benzene rings is 2. The van der Waals surface area contributed by atoms with Gasteiger partial charge in [0.05, 0.1) is 6.54 Å². The van der Waals surface area contributed by atoms with Crippen LogP contribution < -0.4 is 5.32 Å². The van der Waals surface area contributed by atoms with Gasteiger partial charge < -0.3 is 5.32 Å². The number of carbonyl (C=O) groups excluding carboxylic acids is 1. The molecule has 4 heteroatoms. The molecule has 6 rings (SSSR count). The molecular weight excluding hydrogens is 400 g/mol. The number of carbonyl (C=O) groups is 1. The maximum absolute atomic E-state index is 12.6. The van der Waals surface area contributed by atoms with Crippen LogP contribution in [0, 0.1) is 11.3 Å². The van der Waals surface area contributed by atoms with E-state index in [9.17, 15) is 4.79 Å². The van der Waals surface area contributed by atoms with Crippen molar-refractivity contribution in [3.8, 4) is 11.1 Å². The maximum Gasteiger partial charge on any atom is 0.223 e. The van der Waals surface area contributed by atoms with E-state index < -0.39 is 0 Å². The molecule has 0 radical (unpaired) electrons. The first kappa shape index (κ1) is 19.3.